The van der Waals surface area contributed by atoms with Crippen molar-refractivity contribution in [2.75, 3.05) is 45.8 Å². The second-order valence-electron chi connectivity index (χ2n) is 27.6. The van der Waals surface area contributed by atoms with Crippen LogP contribution in [0.25, 0.3) is 0 Å². The molecule has 0 spiro atoms. The molecular formula is C67H122N24O16. The van der Waals surface area contributed by atoms with Gasteiger partial charge in [0.1, 0.15) is 66.5 Å². The molecule has 0 radical (unpaired) electrons. The SMILES string of the molecule is CC[C@H](C)[C@H](NC(=O)[C@H](CCCCN)NC(=O)[C@H](CCCN=C(N)N)NC(=O)[C@@H]1CCCN1C(=O)[C@H](CCCCN)NC(=O)[C@@H](NC(=O)[C@H](CCCN=C(N)N)NC(=O)[C@H](CCCN=C(N)N)NC(=O)[C@@H]1CCCN1)[C@@H](C)CC)C(=O)N[C@@H](CC(=O)O)C(=O)N[C@@H](CC(C)C)C(=O)N[C@@H](CCC(N)=O)C(=O)O. The van der Waals surface area contributed by atoms with Gasteiger partial charge in [-0.1, -0.05) is 54.4 Å². The van der Waals surface area contributed by atoms with E-state index in [1.165, 1.54) is 4.90 Å². The average molecular weight is 1520 g/mol. The quantitative estimate of drug-likeness (QED) is 0.0153. The number of primary amides is 1. The molecule has 2 aliphatic rings. The molecule has 2 fully saturated rings. The van der Waals surface area contributed by atoms with E-state index in [0.717, 1.165) is 6.42 Å². The maximum absolute atomic E-state index is 15.0. The van der Waals surface area contributed by atoms with Crippen LogP contribution in [-0.4, -0.2) is 234 Å². The van der Waals surface area contributed by atoms with Crippen molar-refractivity contribution in [3.05, 3.63) is 0 Å². The Morgan fingerprint density at radius 1 is 0.449 bits per heavy atom. The van der Waals surface area contributed by atoms with Gasteiger partial charge in [-0.05, 0) is 153 Å². The predicted octanol–water partition coefficient (Wildman–Crippen LogP) is -6.04. The van der Waals surface area contributed by atoms with Gasteiger partial charge in [-0.3, -0.25) is 77.3 Å². The fraction of sp³-hybridized carbons (Fsp3) is 0.746. The number of hydrogen-bond donors (Lipinski definition) is 22. The molecule has 606 valence electrons. The molecule has 40 heteroatoms. The molecular weight excluding hydrogens is 1400 g/mol. The Bertz CT molecular complexity index is 3030. The molecule has 0 aromatic carbocycles. The van der Waals surface area contributed by atoms with Crippen molar-refractivity contribution in [3.8, 4) is 0 Å². The Hall–Kier alpha value is -9.73. The van der Waals surface area contributed by atoms with E-state index in [0.29, 0.717) is 45.1 Å². The molecule has 2 saturated heterocycles. The summed E-state index contributed by atoms with van der Waals surface area (Å²) in [5.74, 6) is -15.3. The molecule has 0 unspecified atom stereocenters. The predicted molar refractivity (Wildman–Crippen MR) is 397 cm³/mol. The van der Waals surface area contributed by atoms with Crippen LogP contribution in [0.5, 0.6) is 0 Å². The third kappa shape index (κ3) is 35.5. The lowest BCUT2D eigenvalue weighted by Gasteiger charge is -2.32. The van der Waals surface area contributed by atoms with Gasteiger partial charge in [-0.25, -0.2) is 4.79 Å². The summed E-state index contributed by atoms with van der Waals surface area (Å²) in [5, 5.41) is 49.1. The average Bonchev–Trinajstić information content (AvgIpc) is 1.75. The summed E-state index contributed by atoms with van der Waals surface area (Å²) >= 11 is 0. The van der Waals surface area contributed by atoms with Gasteiger partial charge in [0.25, 0.3) is 0 Å². The molecule has 2 aliphatic heterocycles. The molecule has 0 bridgehead atoms. The zero-order valence-electron chi connectivity index (χ0n) is 62.8. The first-order valence-corrected chi connectivity index (χ1v) is 37.0. The van der Waals surface area contributed by atoms with Crippen molar-refractivity contribution in [2.45, 2.75) is 255 Å². The zero-order chi connectivity index (χ0) is 80.5. The summed E-state index contributed by atoms with van der Waals surface area (Å²) in [7, 11) is 0. The van der Waals surface area contributed by atoms with Gasteiger partial charge in [0.15, 0.2) is 17.9 Å². The monoisotopic (exact) mass is 1520 g/mol. The van der Waals surface area contributed by atoms with E-state index >= 15 is 4.79 Å². The molecule has 12 amide bonds. The molecule has 107 heavy (non-hydrogen) atoms. The number of carbonyl (C=O) groups excluding carboxylic acids is 12. The number of nitrogens with one attached hydrogen (secondary N) is 11. The lowest BCUT2D eigenvalue weighted by Crippen LogP contribution is -2.61. The van der Waals surface area contributed by atoms with E-state index in [2.05, 4.69) is 73.5 Å². The number of nitrogens with two attached hydrogens (primary N) is 9. The topological polar surface area (TPSA) is 686 Å². The van der Waals surface area contributed by atoms with E-state index in [1.807, 2.05) is 0 Å². The summed E-state index contributed by atoms with van der Waals surface area (Å²) in [4.78, 5) is 207. The summed E-state index contributed by atoms with van der Waals surface area (Å²) in [6.07, 6.45) is 2.12. The van der Waals surface area contributed by atoms with Crippen LogP contribution in [0, 0.1) is 17.8 Å². The standard InChI is InChI=1S/C67H122N24O16/c1-7-37(5)51(89-57(99)43(23-16-32-80-67(75)76)83-54(96)41(21-14-30-78-65(71)72)81-53(95)39-20-13-29-77-39)61(103)85-44(19-10-12-28-69)63(105)91-33-17-24-48(91)60(102)84-42(22-15-31-79-66(73)74)55(97)82-40(18-9-11-27-68)56(98)90-52(38(6)8-2)62(104)88-47(35-50(93)94)59(101)87-46(34-36(3)4)58(100)86-45(64(106)107)25-26-49(70)92/h36-48,51-52,77H,7-35,68-69H2,1-6H3,(H2,70,92)(H,81,95)(H,82,97)(H,83,96)(H,84,102)(H,85,103)(H,86,100)(H,87,101)(H,88,104)(H,89,99)(H,90,98)(H,93,94)(H,106,107)(H4,71,72,78)(H4,73,74,79)(H4,75,76,80)/t37-,38-,39-,40-,41-,42-,43-,44-,45-,46-,47-,48-,51-,52-/m0/s1. The number of carboxylic acid groups (broad SMARTS) is 2. The van der Waals surface area contributed by atoms with Crippen LogP contribution in [0.15, 0.2) is 15.0 Å². The number of unbranched alkanes of at least 4 members (excludes halogenated alkanes) is 2. The third-order valence-corrected chi connectivity index (χ3v) is 18.3. The van der Waals surface area contributed by atoms with E-state index in [-0.39, 0.29) is 147 Å². The minimum Gasteiger partial charge on any atom is -0.481 e. The smallest absolute Gasteiger partial charge is 0.326 e. The van der Waals surface area contributed by atoms with Crippen LogP contribution >= 0.6 is 0 Å². The normalized spacial score (nSPS) is 17.3. The minimum absolute atomic E-state index is 0.0173. The molecule has 2 heterocycles. The Kier molecular flexibility index (Phi) is 43.6. The fourth-order valence-electron chi connectivity index (χ4n) is 11.9. The molecule has 0 aromatic heterocycles. The minimum atomic E-state index is -1.88. The summed E-state index contributed by atoms with van der Waals surface area (Å²) < 4.78 is 0. The van der Waals surface area contributed by atoms with E-state index in [4.69, 9.17) is 51.6 Å². The summed E-state index contributed by atoms with van der Waals surface area (Å²) in [5.41, 5.74) is 50.4. The number of guanidine groups is 3. The van der Waals surface area contributed by atoms with Crippen LogP contribution in [0.4, 0.5) is 0 Å². The maximum Gasteiger partial charge on any atom is 0.326 e. The van der Waals surface area contributed by atoms with Crippen LogP contribution in [0.2, 0.25) is 0 Å². The second-order valence-corrected chi connectivity index (χ2v) is 27.6. The number of amides is 12. The van der Waals surface area contributed by atoms with E-state index in [9.17, 15) is 72.5 Å². The maximum atomic E-state index is 15.0. The number of aliphatic carboxylic acids is 2. The van der Waals surface area contributed by atoms with E-state index in [1.54, 1.807) is 41.5 Å². The number of hydrogen-bond acceptors (Lipinski definition) is 20. The van der Waals surface area contributed by atoms with Gasteiger partial charge >= 0.3 is 11.9 Å². The lowest BCUT2D eigenvalue weighted by molar-refractivity contribution is -0.143. The van der Waals surface area contributed by atoms with Gasteiger partial charge in [-0.2, -0.15) is 0 Å². The number of carboxylic acids is 2. The van der Waals surface area contributed by atoms with E-state index < -0.39 is 180 Å². The van der Waals surface area contributed by atoms with Gasteiger partial charge in [0.2, 0.25) is 70.9 Å². The summed E-state index contributed by atoms with van der Waals surface area (Å²) in [6.45, 7) is 11.3. The highest BCUT2D eigenvalue weighted by molar-refractivity contribution is 6.00. The highest BCUT2D eigenvalue weighted by atomic mass is 16.4. The first-order chi connectivity index (χ1) is 50.6. The third-order valence-electron chi connectivity index (χ3n) is 18.3. The van der Waals surface area contributed by atoms with Crippen LogP contribution in [0.1, 0.15) is 183 Å². The lowest BCUT2D eigenvalue weighted by atomic mass is 9.96. The zero-order valence-corrected chi connectivity index (χ0v) is 62.8. The number of rotatable bonds is 53. The van der Waals surface area contributed by atoms with Gasteiger partial charge in [0, 0.05) is 32.6 Å². The Morgan fingerprint density at radius 2 is 0.841 bits per heavy atom. The van der Waals surface area contributed by atoms with Crippen molar-refractivity contribution >= 4 is 101 Å². The first kappa shape index (κ1) is 93.4. The Morgan fingerprint density at radius 3 is 1.25 bits per heavy atom. The van der Waals surface area contributed by atoms with Crippen LogP contribution < -0.4 is 110 Å². The number of aliphatic imine (C=N–C) groups is 3. The molecule has 31 N–H and O–H groups in total. The van der Waals surface area contributed by atoms with Crippen LogP contribution in [-0.2, 0) is 67.1 Å². The van der Waals surface area contributed by atoms with Crippen LogP contribution in [0.3, 0.4) is 0 Å². The molecule has 14 atom stereocenters. The Balaban J connectivity index is 2.57. The number of carbonyl (C=O) groups is 14. The van der Waals surface area contributed by atoms with Gasteiger partial charge < -0.3 is 125 Å². The van der Waals surface area contributed by atoms with Gasteiger partial charge in [-0.15, -0.1) is 0 Å². The van der Waals surface area contributed by atoms with Crippen molar-refractivity contribution in [2.24, 2.45) is 84.3 Å². The van der Waals surface area contributed by atoms with Gasteiger partial charge in [0.05, 0.1) is 12.5 Å². The highest BCUT2D eigenvalue weighted by Crippen LogP contribution is 2.22. The molecule has 0 saturated carbocycles. The fourth-order valence-corrected chi connectivity index (χ4v) is 11.9. The highest BCUT2D eigenvalue weighted by Gasteiger charge is 2.42. The van der Waals surface area contributed by atoms with Crippen molar-refractivity contribution in [1.29, 1.82) is 0 Å². The first-order valence-electron chi connectivity index (χ1n) is 37.0. The second kappa shape index (κ2) is 49.9. The van der Waals surface area contributed by atoms with Crippen molar-refractivity contribution in [1.82, 2.24) is 63.4 Å². The molecule has 2 rings (SSSR count). The molecule has 0 aromatic rings. The molecule has 40 nitrogen and oxygen atoms in total. The largest absolute Gasteiger partial charge is 0.481 e. The molecule has 0 aliphatic carbocycles. The number of likely N-dealkylation sites (tertiary alicyclic amines) is 1. The number of nitrogens with zero attached hydrogens (tertiary/aromatic N) is 4. The van der Waals surface area contributed by atoms with Crippen molar-refractivity contribution < 1.29 is 77.3 Å². The van der Waals surface area contributed by atoms with Crippen molar-refractivity contribution in [3.63, 3.8) is 0 Å². The Labute approximate surface area is 624 Å². The summed E-state index contributed by atoms with van der Waals surface area (Å²) in [6, 6.07) is -16.2.